The van der Waals surface area contributed by atoms with Crippen molar-refractivity contribution >= 4 is 50.7 Å². The summed E-state index contributed by atoms with van der Waals surface area (Å²) in [6, 6.07) is 12.6. The van der Waals surface area contributed by atoms with Gasteiger partial charge in [0.2, 0.25) is 10.0 Å². The van der Waals surface area contributed by atoms with E-state index in [1.54, 1.807) is 62.4 Å². The molecule has 0 aliphatic carbocycles. The van der Waals surface area contributed by atoms with Crippen LogP contribution in [0.1, 0.15) is 19.4 Å². The summed E-state index contributed by atoms with van der Waals surface area (Å²) in [6.07, 6.45) is 1.10. The summed E-state index contributed by atoms with van der Waals surface area (Å²) in [5, 5.41) is 8.86. The average Bonchev–Trinajstić information content (AvgIpc) is 3.13. The molecule has 33 heavy (non-hydrogen) atoms. The van der Waals surface area contributed by atoms with Crippen molar-refractivity contribution < 1.29 is 22.7 Å². The molecule has 0 saturated carbocycles. The number of hydrogen-bond acceptors (Lipinski definition) is 6. The van der Waals surface area contributed by atoms with E-state index in [4.69, 9.17) is 16.3 Å². The van der Waals surface area contributed by atoms with Crippen LogP contribution in [0, 0.1) is 5.41 Å². The summed E-state index contributed by atoms with van der Waals surface area (Å²) in [6.45, 7) is 3.58. The van der Waals surface area contributed by atoms with E-state index in [0.29, 0.717) is 27.7 Å². The Hall–Kier alpha value is -3.11. The van der Waals surface area contributed by atoms with Crippen LogP contribution in [0.4, 0.5) is 16.2 Å². The lowest BCUT2D eigenvalue weighted by atomic mass is 9.82. The van der Waals surface area contributed by atoms with E-state index in [0.717, 1.165) is 10.6 Å². The molecular weight excluding hydrogens is 468 g/mol. The van der Waals surface area contributed by atoms with Gasteiger partial charge in [0.25, 0.3) is 0 Å². The number of hydrazone groups is 1. The maximum Gasteiger partial charge on any atom is 0.342 e. The summed E-state index contributed by atoms with van der Waals surface area (Å²) >= 11 is 5.98. The minimum atomic E-state index is -3.40. The third kappa shape index (κ3) is 5.28. The lowest BCUT2D eigenvalue weighted by Crippen LogP contribution is -2.42. The number of anilines is 2. The second-order valence-electron chi connectivity index (χ2n) is 7.77. The van der Waals surface area contributed by atoms with E-state index in [2.05, 4.69) is 10.4 Å². The van der Waals surface area contributed by atoms with Crippen LogP contribution in [0.2, 0.25) is 5.02 Å². The lowest BCUT2D eigenvalue weighted by molar-refractivity contribution is -0.150. The number of sulfonamides is 1. The van der Waals surface area contributed by atoms with E-state index < -0.39 is 27.4 Å². The molecule has 9 nitrogen and oxygen atoms in total. The van der Waals surface area contributed by atoms with Gasteiger partial charge in [0.05, 0.1) is 30.8 Å². The van der Waals surface area contributed by atoms with Crippen LogP contribution in [0.3, 0.4) is 0 Å². The quantitative estimate of drug-likeness (QED) is 0.620. The fourth-order valence-corrected chi connectivity index (χ4v) is 3.96. The normalized spacial score (nSPS) is 18.0. The number of carbonyl (C=O) groups is 2. The number of esters is 1. The molecule has 1 N–H and O–H groups in total. The summed E-state index contributed by atoms with van der Waals surface area (Å²) in [5.41, 5.74) is 0.785. The van der Waals surface area contributed by atoms with Crippen LogP contribution >= 0.6 is 11.6 Å². The molecule has 11 heteroatoms. The zero-order valence-electron chi connectivity index (χ0n) is 18.7. The maximum absolute atomic E-state index is 12.9. The average molecular weight is 493 g/mol. The number of halogens is 1. The third-order valence-corrected chi connectivity index (χ3v) is 6.72. The van der Waals surface area contributed by atoms with Gasteiger partial charge in [0.15, 0.2) is 0 Å². The highest BCUT2D eigenvalue weighted by molar-refractivity contribution is 7.92. The zero-order chi connectivity index (χ0) is 24.4. The van der Waals surface area contributed by atoms with Crippen LogP contribution in [0.25, 0.3) is 0 Å². The molecule has 1 heterocycles. The minimum Gasteiger partial charge on any atom is -0.465 e. The van der Waals surface area contributed by atoms with Crippen molar-refractivity contribution in [3.8, 4) is 0 Å². The van der Waals surface area contributed by atoms with Gasteiger partial charge in [0, 0.05) is 17.8 Å². The molecule has 0 saturated heterocycles. The fourth-order valence-electron chi connectivity index (χ4n) is 3.33. The Bertz CT molecular complexity index is 1180. The SMILES string of the molecule is CCOC(=O)C1(C)CN(C(=O)Nc2ccc(N(C)S(C)(=O)=O)cc2)N=C1c1ccc(Cl)cc1. The Morgan fingerprint density at radius 3 is 2.33 bits per heavy atom. The van der Waals surface area contributed by atoms with Crippen LogP contribution in [-0.4, -0.2) is 57.6 Å². The Labute approximate surface area is 198 Å². The molecule has 176 valence electrons. The highest BCUT2D eigenvalue weighted by atomic mass is 35.5. The number of hydrogen-bond donors (Lipinski definition) is 1. The zero-order valence-corrected chi connectivity index (χ0v) is 20.3. The number of nitrogens with zero attached hydrogens (tertiary/aromatic N) is 3. The third-order valence-electron chi connectivity index (χ3n) is 5.27. The predicted octanol–water partition coefficient (Wildman–Crippen LogP) is 3.56. The summed E-state index contributed by atoms with van der Waals surface area (Å²) in [4.78, 5) is 25.7. The molecule has 1 aliphatic rings. The van der Waals surface area contributed by atoms with E-state index in [1.807, 2.05) is 0 Å². The summed E-state index contributed by atoms with van der Waals surface area (Å²) in [7, 11) is -1.96. The van der Waals surface area contributed by atoms with Gasteiger partial charge in [0.1, 0.15) is 5.41 Å². The second-order valence-corrected chi connectivity index (χ2v) is 10.2. The number of urea groups is 1. The highest BCUT2D eigenvalue weighted by Crippen LogP contribution is 2.33. The molecule has 0 aromatic heterocycles. The van der Waals surface area contributed by atoms with Gasteiger partial charge in [-0.3, -0.25) is 9.10 Å². The van der Waals surface area contributed by atoms with Gasteiger partial charge in [-0.05, 0) is 55.8 Å². The first-order chi connectivity index (χ1) is 15.5. The molecule has 2 amide bonds. The van der Waals surface area contributed by atoms with Crippen LogP contribution in [0.15, 0.2) is 53.6 Å². The molecule has 1 atom stereocenters. The molecular formula is C22H25ClN4O5S. The van der Waals surface area contributed by atoms with Gasteiger partial charge in [-0.2, -0.15) is 5.10 Å². The van der Waals surface area contributed by atoms with Gasteiger partial charge >= 0.3 is 12.0 Å². The number of rotatable bonds is 6. The maximum atomic E-state index is 12.9. The fraction of sp³-hybridized carbons (Fsp3) is 0.318. The Kier molecular flexibility index (Phi) is 6.99. The summed E-state index contributed by atoms with van der Waals surface area (Å²) < 4.78 is 29.8. The van der Waals surface area contributed by atoms with E-state index >= 15 is 0 Å². The number of ether oxygens (including phenoxy) is 1. The largest absolute Gasteiger partial charge is 0.465 e. The number of amides is 2. The van der Waals surface area contributed by atoms with Crippen molar-refractivity contribution in [2.24, 2.45) is 10.5 Å². The summed E-state index contributed by atoms with van der Waals surface area (Å²) in [5.74, 6) is -0.484. The van der Waals surface area contributed by atoms with Gasteiger partial charge < -0.3 is 10.1 Å². The van der Waals surface area contributed by atoms with Gasteiger partial charge in [-0.1, -0.05) is 23.7 Å². The van der Waals surface area contributed by atoms with E-state index in [-0.39, 0.29) is 13.2 Å². The highest BCUT2D eigenvalue weighted by Gasteiger charge is 2.48. The van der Waals surface area contributed by atoms with Crippen molar-refractivity contribution in [2.75, 3.05) is 36.1 Å². The lowest BCUT2D eigenvalue weighted by Gasteiger charge is -2.24. The first-order valence-corrected chi connectivity index (χ1v) is 12.3. The Balaban J connectivity index is 1.84. The number of benzene rings is 2. The van der Waals surface area contributed by atoms with Crippen molar-refractivity contribution in [3.63, 3.8) is 0 Å². The molecule has 1 unspecified atom stereocenters. The molecule has 2 aromatic rings. The van der Waals surface area contributed by atoms with Crippen molar-refractivity contribution in [3.05, 3.63) is 59.1 Å². The van der Waals surface area contributed by atoms with E-state index in [1.165, 1.54) is 12.1 Å². The smallest absolute Gasteiger partial charge is 0.342 e. The first-order valence-electron chi connectivity index (χ1n) is 10.1. The van der Waals surface area contributed by atoms with Crippen molar-refractivity contribution in [2.45, 2.75) is 13.8 Å². The number of carbonyl (C=O) groups excluding carboxylic acids is 2. The molecule has 0 spiro atoms. The number of nitrogens with one attached hydrogen (secondary N) is 1. The minimum absolute atomic E-state index is 0.00940. The Morgan fingerprint density at radius 2 is 1.79 bits per heavy atom. The Morgan fingerprint density at radius 1 is 1.18 bits per heavy atom. The topological polar surface area (TPSA) is 108 Å². The van der Waals surface area contributed by atoms with Crippen molar-refractivity contribution in [1.82, 2.24) is 5.01 Å². The van der Waals surface area contributed by atoms with E-state index in [9.17, 15) is 18.0 Å². The predicted molar refractivity (Wildman–Crippen MR) is 128 cm³/mol. The molecule has 3 rings (SSSR count). The molecule has 0 radical (unpaired) electrons. The van der Waals surface area contributed by atoms with Crippen LogP contribution in [-0.2, 0) is 19.6 Å². The first kappa shape index (κ1) is 24.5. The van der Waals surface area contributed by atoms with Crippen LogP contribution in [0.5, 0.6) is 0 Å². The molecule has 0 fully saturated rings. The monoisotopic (exact) mass is 492 g/mol. The van der Waals surface area contributed by atoms with Crippen molar-refractivity contribution in [1.29, 1.82) is 0 Å². The van der Waals surface area contributed by atoms with Gasteiger partial charge in [-0.15, -0.1) is 0 Å². The standard InChI is InChI=1S/C22H25ClN4O5S/c1-5-32-20(28)22(2)14-27(25-19(22)15-6-8-16(23)9-7-15)21(29)24-17-10-12-18(13-11-17)26(3)33(4,30)31/h6-13H,5,14H2,1-4H3,(H,24,29). The van der Waals surface area contributed by atoms with Crippen LogP contribution < -0.4 is 9.62 Å². The second kappa shape index (κ2) is 9.40. The van der Waals surface area contributed by atoms with Gasteiger partial charge in [-0.25, -0.2) is 18.2 Å². The molecule has 1 aliphatic heterocycles. The molecule has 0 bridgehead atoms. The molecule has 2 aromatic carbocycles.